The molecule has 0 radical (unpaired) electrons. The molecule has 0 fully saturated rings. The van der Waals surface area contributed by atoms with Gasteiger partial charge in [-0.1, -0.05) is 19.9 Å². The lowest BCUT2D eigenvalue weighted by Gasteiger charge is -2.13. The summed E-state index contributed by atoms with van der Waals surface area (Å²) in [6, 6.07) is 0.565. The lowest BCUT2D eigenvalue weighted by molar-refractivity contribution is 0.110. The van der Waals surface area contributed by atoms with E-state index in [4.69, 9.17) is 4.74 Å². The molecule has 2 heteroatoms. The standard InChI is InChI=1S/C12H25NO/c1-5-6-7-12(4)13-8-9-14-10-11(2)3/h5,11-13H,1,6-10H2,2-4H3. The van der Waals surface area contributed by atoms with Gasteiger partial charge < -0.3 is 10.1 Å². The van der Waals surface area contributed by atoms with E-state index in [0.717, 1.165) is 32.6 Å². The number of hydrogen-bond acceptors (Lipinski definition) is 2. The van der Waals surface area contributed by atoms with Gasteiger partial charge in [0, 0.05) is 19.2 Å². The van der Waals surface area contributed by atoms with Gasteiger partial charge >= 0.3 is 0 Å². The molecule has 0 aliphatic rings. The first-order valence-corrected chi connectivity index (χ1v) is 5.58. The fourth-order valence-electron chi connectivity index (χ4n) is 1.17. The first-order chi connectivity index (χ1) is 6.66. The third kappa shape index (κ3) is 9.75. The Kier molecular flexibility index (Phi) is 9.00. The van der Waals surface area contributed by atoms with Crippen molar-refractivity contribution >= 4 is 0 Å². The van der Waals surface area contributed by atoms with Crippen LogP contribution in [0.1, 0.15) is 33.6 Å². The van der Waals surface area contributed by atoms with Gasteiger partial charge in [-0.05, 0) is 25.7 Å². The molecule has 0 heterocycles. The average molecular weight is 199 g/mol. The molecule has 0 rings (SSSR count). The Balaban J connectivity index is 3.14. The molecule has 2 nitrogen and oxygen atoms in total. The van der Waals surface area contributed by atoms with E-state index in [1.165, 1.54) is 0 Å². The second-order valence-electron chi connectivity index (χ2n) is 4.19. The number of allylic oxidation sites excluding steroid dienone is 1. The first kappa shape index (κ1) is 13.7. The van der Waals surface area contributed by atoms with Crippen molar-refractivity contribution < 1.29 is 4.74 Å². The van der Waals surface area contributed by atoms with Gasteiger partial charge in [0.1, 0.15) is 0 Å². The summed E-state index contributed by atoms with van der Waals surface area (Å²) < 4.78 is 5.47. The Morgan fingerprint density at radius 3 is 2.64 bits per heavy atom. The second kappa shape index (κ2) is 9.22. The van der Waals surface area contributed by atoms with E-state index in [1.54, 1.807) is 0 Å². The second-order valence-corrected chi connectivity index (χ2v) is 4.19. The van der Waals surface area contributed by atoms with Gasteiger partial charge in [-0.15, -0.1) is 6.58 Å². The van der Waals surface area contributed by atoms with Crippen LogP contribution in [0.4, 0.5) is 0 Å². The van der Waals surface area contributed by atoms with Crippen LogP contribution in [-0.2, 0) is 4.74 Å². The molecule has 0 aromatic carbocycles. The maximum Gasteiger partial charge on any atom is 0.0591 e. The van der Waals surface area contributed by atoms with E-state index in [1.807, 2.05) is 6.08 Å². The summed E-state index contributed by atoms with van der Waals surface area (Å²) in [5.74, 6) is 0.633. The van der Waals surface area contributed by atoms with Crippen molar-refractivity contribution in [3.8, 4) is 0 Å². The van der Waals surface area contributed by atoms with Crippen molar-refractivity contribution in [3.05, 3.63) is 12.7 Å². The zero-order valence-corrected chi connectivity index (χ0v) is 9.88. The maximum absolute atomic E-state index is 5.47. The minimum atomic E-state index is 0.565. The molecule has 0 saturated carbocycles. The van der Waals surface area contributed by atoms with Crippen LogP contribution in [0.15, 0.2) is 12.7 Å². The Labute approximate surface area is 88.7 Å². The highest BCUT2D eigenvalue weighted by atomic mass is 16.5. The third-order valence-electron chi connectivity index (χ3n) is 1.99. The van der Waals surface area contributed by atoms with Crippen molar-refractivity contribution in [1.82, 2.24) is 5.32 Å². The molecule has 1 N–H and O–H groups in total. The van der Waals surface area contributed by atoms with E-state index in [0.29, 0.717) is 12.0 Å². The van der Waals surface area contributed by atoms with Crippen molar-refractivity contribution in [2.45, 2.75) is 39.7 Å². The van der Waals surface area contributed by atoms with Crippen LogP contribution in [0.25, 0.3) is 0 Å². The monoisotopic (exact) mass is 199 g/mol. The summed E-state index contributed by atoms with van der Waals surface area (Å²) >= 11 is 0. The fraction of sp³-hybridized carbons (Fsp3) is 0.833. The summed E-state index contributed by atoms with van der Waals surface area (Å²) in [7, 11) is 0. The summed E-state index contributed by atoms with van der Waals surface area (Å²) in [4.78, 5) is 0. The lowest BCUT2D eigenvalue weighted by atomic mass is 10.2. The average Bonchev–Trinajstić information content (AvgIpc) is 2.13. The predicted molar refractivity (Wildman–Crippen MR) is 62.6 cm³/mol. The van der Waals surface area contributed by atoms with Gasteiger partial charge in [0.2, 0.25) is 0 Å². The van der Waals surface area contributed by atoms with Crippen molar-refractivity contribution in [2.24, 2.45) is 5.92 Å². The molecule has 0 saturated heterocycles. The maximum atomic E-state index is 5.47. The molecule has 0 aromatic heterocycles. The Bertz CT molecular complexity index is 134. The number of rotatable bonds is 9. The normalized spacial score (nSPS) is 13.1. The van der Waals surface area contributed by atoms with Gasteiger partial charge in [-0.2, -0.15) is 0 Å². The number of ether oxygens (including phenoxy) is 1. The van der Waals surface area contributed by atoms with E-state index >= 15 is 0 Å². The van der Waals surface area contributed by atoms with Crippen molar-refractivity contribution in [3.63, 3.8) is 0 Å². The van der Waals surface area contributed by atoms with E-state index in [2.05, 4.69) is 32.7 Å². The van der Waals surface area contributed by atoms with E-state index in [9.17, 15) is 0 Å². The highest BCUT2D eigenvalue weighted by molar-refractivity contribution is 4.70. The molecule has 0 aromatic rings. The molecule has 1 unspecified atom stereocenters. The van der Waals surface area contributed by atoms with Gasteiger partial charge in [-0.25, -0.2) is 0 Å². The smallest absolute Gasteiger partial charge is 0.0591 e. The summed E-state index contributed by atoms with van der Waals surface area (Å²) in [6.07, 6.45) is 4.21. The topological polar surface area (TPSA) is 21.3 Å². The summed E-state index contributed by atoms with van der Waals surface area (Å²) in [5.41, 5.74) is 0. The van der Waals surface area contributed by atoms with Gasteiger partial charge in [-0.3, -0.25) is 0 Å². The highest BCUT2D eigenvalue weighted by Crippen LogP contribution is 1.96. The molecule has 0 bridgehead atoms. The molecule has 0 amide bonds. The minimum absolute atomic E-state index is 0.565. The SMILES string of the molecule is C=CCCC(C)NCCOCC(C)C. The van der Waals surface area contributed by atoms with E-state index in [-0.39, 0.29) is 0 Å². The molecule has 0 aliphatic heterocycles. The zero-order valence-electron chi connectivity index (χ0n) is 9.88. The third-order valence-corrected chi connectivity index (χ3v) is 1.99. The molecule has 0 aliphatic carbocycles. The Hall–Kier alpha value is -0.340. The van der Waals surface area contributed by atoms with Crippen LogP contribution < -0.4 is 5.32 Å². The lowest BCUT2D eigenvalue weighted by Crippen LogP contribution is -2.29. The number of hydrogen-bond donors (Lipinski definition) is 1. The largest absolute Gasteiger partial charge is 0.380 e. The molecule has 14 heavy (non-hydrogen) atoms. The zero-order chi connectivity index (χ0) is 10.8. The van der Waals surface area contributed by atoms with Gasteiger partial charge in [0.25, 0.3) is 0 Å². The summed E-state index contributed by atoms with van der Waals surface area (Å²) in [6.45, 7) is 12.9. The molecule has 84 valence electrons. The van der Waals surface area contributed by atoms with Gasteiger partial charge in [0.15, 0.2) is 0 Å². The molecule has 1 atom stereocenters. The minimum Gasteiger partial charge on any atom is -0.380 e. The van der Waals surface area contributed by atoms with Crippen LogP contribution in [0.3, 0.4) is 0 Å². The Morgan fingerprint density at radius 2 is 2.07 bits per heavy atom. The van der Waals surface area contributed by atoms with Crippen LogP contribution in [0, 0.1) is 5.92 Å². The molecular weight excluding hydrogens is 174 g/mol. The van der Waals surface area contributed by atoms with Crippen LogP contribution >= 0.6 is 0 Å². The fourth-order valence-corrected chi connectivity index (χ4v) is 1.17. The van der Waals surface area contributed by atoms with Crippen LogP contribution in [-0.4, -0.2) is 25.8 Å². The molecule has 0 spiro atoms. The molecular formula is C12H25NO. The van der Waals surface area contributed by atoms with Crippen molar-refractivity contribution in [1.29, 1.82) is 0 Å². The quantitative estimate of drug-likeness (QED) is 0.455. The van der Waals surface area contributed by atoms with E-state index < -0.39 is 0 Å². The predicted octanol–water partition coefficient (Wildman–Crippen LogP) is 2.60. The van der Waals surface area contributed by atoms with Crippen molar-refractivity contribution in [2.75, 3.05) is 19.8 Å². The Morgan fingerprint density at radius 1 is 1.36 bits per heavy atom. The first-order valence-electron chi connectivity index (χ1n) is 5.58. The van der Waals surface area contributed by atoms with Crippen LogP contribution in [0.2, 0.25) is 0 Å². The van der Waals surface area contributed by atoms with Crippen LogP contribution in [0.5, 0.6) is 0 Å². The summed E-state index contributed by atoms with van der Waals surface area (Å²) in [5, 5.41) is 3.42. The van der Waals surface area contributed by atoms with Gasteiger partial charge in [0.05, 0.1) is 6.61 Å². The number of nitrogens with one attached hydrogen (secondary N) is 1. The highest BCUT2D eigenvalue weighted by Gasteiger charge is 1.99.